The molecule has 3 atom stereocenters. The molecular weight excluding hydrogens is 514 g/mol. The van der Waals surface area contributed by atoms with E-state index < -0.39 is 6.29 Å². The average molecular weight is 552 g/mol. The van der Waals surface area contributed by atoms with Crippen molar-refractivity contribution in [1.29, 1.82) is 0 Å². The van der Waals surface area contributed by atoms with Crippen LogP contribution >= 0.6 is 0 Å². The molecule has 0 radical (unpaired) electrons. The molecule has 0 spiro atoms. The molecule has 0 aliphatic carbocycles. The van der Waals surface area contributed by atoms with Gasteiger partial charge in [-0.2, -0.15) is 0 Å². The van der Waals surface area contributed by atoms with Gasteiger partial charge in [0.1, 0.15) is 0 Å². The number of hydrogen-bond acceptors (Lipinski definition) is 5. The van der Waals surface area contributed by atoms with Crippen LogP contribution in [-0.4, -0.2) is 35.7 Å². The highest BCUT2D eigenvalue weighted by atomic mass is 16.7. The van der Waals surface area contributed by atoms with E-state index in [1.807, 2.05) is 84.9 Å². The van der Waals surface area contributed by atoms with Gasteiger partial charge in [0, 0.05) is 37.3 Å². The van der Waals surface area contributed by atoms with Crippen LogP contribution in [0.2, 0.25) is 0 Å². The van der Waals surface area contributed by atoms with Crippen molar-refractivity contribution in [3.8, 4) is 0 Å². The van der Waals surface area contributed by atoms with Crippen LogP contribution in [-0.2, 0) is 29.2 Å². The molecular formula is C34H37N3O4. The number of carbonyl (C=O) groups excluding carboxylic acids is 1. The molecule has 0 bridgehead atoms. The van der Waals surface area contributed by atoms with Gasteiger partial charge in [-0.1, -0.05) is 97.1 Å². The predicted molar refractivity (Wildman–Crippen MR) is 160 cm³/mol. The molecule has 1 aliphatic heterocycles. The van der Waals surface area contributed by atoms with Gasteiger partial charge in [-0.05, 0) is 41.4 Å². The number of amides is 2. The topological polar surface area (TPSA) is 83.1 Å². The van der Waals surface area contributed by atoms with E-state index in [1.54, 1.807) is 0 Å². The standard InChI is InChI=1S/C34H37N3O4/c1-37(22-26-11-6-3-7-12-26)23-31-20-32(28-17-15-27(24-38)16-18-28)41-33(40-31)29-13-8-14-30(19-29)36-34(39)35-21-25-9-4-2-5-10-25/h2-19,31-33,38H,20-24H2,1H3,(H2,35,36,39)/t31-,32+,33+/m1/s1. The Morgan fingerprint density at radius 3 is 2.24 bits per heavy atom. The second-order valence-electron chi connectivity index (χ2n) is 10.5. The number of benzene rings is 4. The van der Waals surface area contributed by atoms with E-state index in [2.05, 4.69) is 46.8 Å². The molecule has 7 heteroatoms. The van der Waals surface area contributed by atoms with Crippen molar-refractivity contribution in [1.82, 2.24) is 10.2 Å². The molecule has 1 aliphatic rings. The zero-order valence-electron chi connectivity index (χ0n) is 23.3. The maximum atomic E-state index is 12.6. The number of nitrogens with zero attached hydrogens (tertiary/aromatic N) is 1. The molecule has 4 aromatic carbocycles. The Morgan fingerprint density at radius 2 is 1.54 bits per heavy atom. The summed E-state index contributed by atoms with van der Waals surface area (Å²) in [4.78, 5) is 14.8. The van der Waals surface area contributed by atoms with Crippen LogP contribution in [0.15, 0.2) is 109 Å². The minimum absolute atomic E-state index is 0.00314. The summed E-state index contributed by atoms with van der Waals surface area (Å²) in [6, 6.07) is 35.4. The molecule has 1 fully saturated rings. The summed E-state index contributed by atoms with van der Waals surface area (Å²) >= 11 is 0. The first-order valence-electron chi connectivity index (χ1n) is 14.0. The van der Waals surface area contributed by atoms with Gasteiger partial charge in [-0.3, -0.25) is 4.90 Å². The monoisotopic (exact) mass is 551 g/mol. The van der Waals surface area contributed by atoms with Crippen LogP contribution < -0.4 is 10.6 Å². The second-order valence-corrected chi connectivity index (χ2v) is 10.5. The summed E-state index contributed by atoms with van der Waals surface area (Å²) in [5, 5.41) is 15.3. The number of likely N-dealkylation sites (N-methyl/N-ethyl adjacent to an activating group) is 1. The zero-order chi connectivity index (χ0) is 28.4. The number of hydrogen-bond donors (Lipinski definition) is 3. The molecule has 5 rings (SSSR count). The molecule has 4 aromatic rings. The molecule has 0 unspecified atom stereocenters. The summed E-state index contributed by atoms with van der Waals surface area (Å²) in [6.07, 6.45) is -0.151. The van der Waals surface area contributed by atoms with Crippen molar-refractivity contribution in [2.45, 2.75) is 44.6 Å². The fourth-order valence-corrected chi connectivity index (χ4v) is 5.06. The third-order valence-corrected chi connectivity index (χ3v) is 7.14. The van der Waals surface area contributed by atoms with Gasteiger partial charge in [-0.25, -0.2) is 4.79 Å². The van der Waals surface area contributed by atoms with Gasteiger partial charge < -0.3 is 25.2 Å². The number of aliphatic hydroxyl groups excluding tert-OH is 1. The van der Waals surface area contributed by atoms with Gasteiger partial charge >= 0.3 is 6.03 Å². The van der Waals surface area contributed by atoms with Crippen molar-refractivity contribution in [2.75, 3.05) is 18.9 Å². The number of nitrogens with one attached hydrogen (secondary N) is 2. The number of carbonyl (C=O) groups is 1. The molecule has 212 valence electrons. The van der Waals surface area contributed by atoms with Crippen molar-refractivity contribution in [3.63, 3.8) is 0 Å². The van der Waals surface area contributed by atoms with Crippen molar-refractivity contribution >= 4 is 11.7 Å². The van der Waals surface area contributed by atoms with Crippen molar-refractivity contribution in [3.05, 3.63) is 137 Å². The number of anilines is 1. The highest BCUT2D eigenvalue weighted by molar-refractivity contribution is 5.89. The Morgan fingerprint density at radius 1 is 0.829 bits per heavy atom. The number of rotatable bonds is 10. The van der Waals surface area contributed by atoms with Gasteiger partial charge in [0.25, 0.3) is 0 Å². The maximum Gasteiger partial charge on any atom is 0.319 e. The predicted octanol–water partition coefficient (Wildman–Crippen LogP) is 6.18. The van der Waals surface area contributed by atoms with E-state index in [0.29, 0.717) is 18.7 Å². The average Bonchev–Trinajstić information content (AvgIpc) is 3.01. The summed E-state index contributed by atoms with van der Waals surface area (Å²) in [5.41, 5.74) is 5.67. The van der Waals surface area contributed by atoms with Gasteiger partial charge in [0.05, 0.1) is 18.8 Å². The van der Waals surface area contributed by atoms with E-state index in [-0.39, 0.29) is 24.8 Å². The van der Waals surface area contributed by atoms with Crippen LogP contribution in [0.5, 0.6) is 0 Å². The molecule has 3 N–H and O–H groups in total. The first-order chi connectivity index (χ1) is 20.1. The lowest BCUT2D eigenvalue weighted by molar-refractivity contribution is -0.252. The van der Waals surface area contributed by atoms with Gasteiger partial charge in [0.2, 0.25) is 0 Å². The van der Waals surface area contributed by atoms with Crippen LogP contribution in [0, 0.1) is 0 Å². The fraction of sp³-hybridized carbons (Fsp3) is 0.265. The molecule has 0 aromatic heterocycles. The van der Waals surface area contributed by atoms with E-state index >= 15 is 0 Å². The summed E-state index contributed by atoms with van der Waals surface area (Å²) in [6.45, 7) is 2.00. The van der Waals surface area contributed by atoms with Crippen molar-refractivity contribution in [2.24, 2.45) is 0 Å². The minimum atomic E-state index is -0.601. The molecule has 1 heterocycles. The molecule has 2 amide bonds. The summed E-state index contributed by atoms with van der Waals surface area (Å²) in [5.74, 6) is 0. The molecule has 41 heavy (non-hydrogen) atoms. The van der Waals surface area contributed by atoms with E-state index in [1.165, 1.54) is 5.56 Å². The van der Waals surface area contributed by atoms with Crippen LogP contribution in [0.1, 0.15) is 46.6 Å². The van der Waals surface area contributed by atoms with Crippen LogP contribution in [0.25, 0.3) is 0 Å². The number of aliphatic hydroxyl groups is 1. The molecule has 1 saturated heterocycles. The minimum Gasteiger partial charge on any atom is -0.392 e. The Kier molecular flexibility index (Phi) is 9.78. The number of urea groups is 1. The molecule has 7 nitrogen and oxygen atoms in total. The van der Waals surface area contributed by atoms with Crippen molar-refractivity contribution < 1.29 is 19.4 Å². The van der Waals surface area contributed by atoms with Gasteiger partial charge in [0.15, 0.2) is 6.29 Å². The van der Waals surface area contributed by atoms with E-state index in [9.17, 15) is 9.90 Å². The third kappa shape index (κ3) is 8.25. The highest BCUT2D eigenvalue weighted by Gasteiger charge is 2.33. The lowest BCUT2D eigenvalue weighted by Gasteiger charge is -2.38. The fourth-order valence-electron chi connectivity index (χ4n) is 5.06. The second kappa shape index (κ2) is 14.1. The van der Waals surface area contributed by atoms with Gasteiger partial charge in [-0.15, -0.1) is 0 Å². The van der Waals surface area contributed by atoms with E-state index in [0.717, 1.165) is 35.3 Å². The first kappa shape index (κ1) is 28.5. The van der Waals surface area contributed by atoms with Crippen LogP contribution in [0.4, 0.5) is 10.5 Å². The first-order valence-corrected chi connectivity index (χ1v) is 14.0. The lowest BCUT2D eigenvalue weighted by atomic mass is 9.99. The lowest BCUT2D eigenvalue weighted by Crippen LogP contribution is -2.37. The Labute approximate surface area is 241 Å². The largest absolute Gasteiger partial charge is 0.392 e. The third-order valence-electron chi connectivity index (χ3n) is 7.14. The normalized spacial score (nSPS) is 18.7. The molecule has 0 saturated carbocycles. The smallest absolute Gasteiger partial charge is 0.319 e. The summed E-state index contributed by atoms with van der Waals surface area (Å²) in [7, 11) is 2.10. The quantitative estimate of drug-likeness (QED) is 0.219. The zero-order valence-corrected chi connectivity index (χ0v) is 23.3. The summed E-state index contributed by atoms with van der Waals surface area (Å²) < 4.78 is 13.0. The Bertz CT molecular complexity index is 1380. The Hall–Kier alpha value is -4.01. The highest BCUT2D eigenvalue weighted by Crippen LogP contribution is 2.38. The Balaban J connectivity index is 1.28. The SMILES string of the molecule is CN(Cc1ccccc1)C[C@H]1C[C@@H](c2ccc(CO)cc2)O[C@@H](c2cccc(NC(=O)NCc3ccccc3)c2)O1. The number of ether oxygens (including phenoxy) is 2. The van der Waals surface area contributed by atoms with E-state index in [4.69, 9.17) is 9.47 Å². The van der Waals surface area contributed by atoms with Crippen LogP contribution in [0.3, 0.4) is 0 Å². The maximum absolute atomic E-state index is 12.6.